The van der Waals surface area contributed by atoms with E-state index in [9.17, 15) is 0 Å². The summed E-state index contributed by atoms with van der Waals surface area (Å²) in [4.78, 5) is 14.7. The van der Waals surface area contributed by atoms with Crippen molar-refractivity contribution in [3.63, 3.8) is 0 Å². The third kappa shape index (κ3) is 2.67. The van der Waals surface area contributed by atoms with Gasteiger partial charge in [0.1, 0.15) is 10.7 Å². The fourth-order valence-corrected chi connectivity index (χ4v) is 3.69. The van der Waals surface area contributed by atoms with Crippen molar-refractivity contribution in [2.75, 3.05) is 13.1 Å². The Bertz CT molecular complexity index is 538. The van der Waals surface area contributed by atoms with Crippen molar-refractivity contribution in [2.24, 2.45) is 0 Å². The topological polar surface area (TPSA) is 50.7 Å². The highest BCUT2D eigenvalue weighted by Crippen LogP contribution is 2.37. The number of hydrogen-bond donors (Lipinski definition) is 1. The van der Waals surface area contributed by atoms with E-state index in [4.69, 9.17) is 4.98 Å². The number of fused-ring (bicyclic) bond motifs is 1. The minimum Gasteiger partial charge on any atom is -0.316 e. The van der Waals surface area contributed by atoms with Crippen LogP contribution in [0.15, 0.2) is 18.6 Å². The highest BCUT2D eigenvalue weighted by molar-refractivity contribution is 7.15. The van der Waals surface area contributed by atoms with E-state index in [1.807, 2.05) is 0 Å². The summed E-state index contributed by atoms with van der Waals surface area (Å²) in [5.74, 6) is 0.561. The molecule has 1 unspecified atom stereocenters. The third-order valence-electron chi connectivity index (χ3n) is 3.49. The van der Waals surface area contributed by atoms with Gasteiger partial charge in [-0.2, -0.15) is 0 Å². The van der Waals surface area contributed by atoms with Crippen LogP contribution in [0.2, 0.25) is 0 Å². The maximum atomic E-state index is 4.83. The first-order valence-electron chi connectivity index (χ1n) is 6.85. The second-order valence-corrected chi connectivity index (χ2v) is 5.90. The van der Waals surface area contributed by atoms with E-state index in [1.165, 1.54) is 23.4 Å². The van der Waals surface area contributed by atoms with Crippen LogP contribution in [0.1, 0.15) is 36.3 Å². The summed E-state index contributed by atoms with van der Waals surface area (Å²) in [5, 5.41) is 4.46. The molecule has 0 radical (unpaired) electrons. The van der Waals surface area contributed by atoms with Gasteiger partial charge < -0.3 is 5.32 Å². The Hall–Kier alpha value is -1.33. The Morgan fingerprint density at radius 2 is 2.37 bits per heavy atom. The number of likely N-dealkylation sites (N-methyl/N-ethyl adjacent to an activating group) is 1. The summed E-state index contributed by atoms with van der Waals surface area (Å²) in [6.45, 7) is 4.20. The first kappa shape index (κ1) is 12.7. The van der Waals surface area contributed by atoms with E-state index in [0.29, 0.717) is 5.92 Å². The zero-order chi connectivity index (χ0) is 13.1. The Balaban J connectivity index is 1.89. The molecule has 1 aliphatic rings. The average molecular weight is 274 g/mol. The molecule has 0 saturated carbocycles. The number of nitrogens with zero attached hydrogens (tertiary/aromatic N) is 3. The van der Waals surface area contributed by atoms with Crippen molar-refractivity contribution in [2.45, 2.75) is 32.1 Å². The average Bonchev–Trinajstić information content (AvgIpc) is 2.90. The molecule has 0 spiro atoms. The van der Waals surface area contributed by atoms with E-state index in [-0.39, 0.29) is 0 Å². The SMILES string of the molecule is CCNCC1CCCc2sc(-c3cnccn3)nc21. The van der Waals surface area contributed by atoms with Crippen LogP contribution in [-0.2, 0) is 6.42 Å². The highest BCUT2D eigenvalue weighted by Gasteiger charge is 2.24. The lowest BCUT2D eigenvalue weighted by Gasteiger charge is -2.21. The Morgan fingerprint density at radius 1 is 1.42 bits per heavy atom. The maximum absolute atomic E-state index is 4.83. The second kappa shape index (κ2) is 5.75. The van der Waals surface area contributed by atoms with Crippen LogP contribution < -0.4 is 5.32 Å². The van der Waals surface area contributed by atoms with Crippen molar-refractivity contribution < 1.29 is 0 Å². The smallest absolute Gasteiger partial charge is 0.143 e. The standard InChI is InChI=1S/C14H18N4S/c1-2-15-8-10-4-3-5-12-13(10)18-14(19-12)11-9-16-6-7-17-11/h6-7,9-10,15H,2-5,8H2,1H3. The van der Waals surface area contributed by atoms with Crippen LogP contribution in [0.25, 0.3) is 10.7 Å². The van der Waals surface area contributed by atoms with Crippen LogP contribution in [0, 0.1) is 0 Å². The van der Waals surface area contributed by atoms with Crippen molar-refractivity contribution in [3.8, 4) is 10.7 Å². The van der Waals surface area contributed by atoms with E-state index in [0.717, 1.165) is 30.2 Å². The molecule has 2 heterocycles. The molecule has 0 bridgehead atoms. The van der Waals surface area contributed by atoms with E-state index >= 15 is 0 Å². The quantitative estimate of drug-likeness (QED) is 0.931. The summed E-state index contributed by atoms with van der Waals surface area (Å²) in [6.07, 6.45) is 8.89. The number of nitrogens with one attached hydrogen (secondary N) is 1. The van der Waals surface area contributed by atoms with Crippen LogP contribution in [0.5, 0.6) is 0 Å². The minimum absolute atomic E-state index is 0.561. The van der Waals surface area contributed by atoms with Gasteiger partial charge >= 0.3 is 0 Å². The Morgan fingerprint density at radius 3 is 3.16 bits per heavy atom. The van der Waals surface area contributed by atoms with Gasteiger partial charge in [0.05, 0.1) is 11.9 Å². The lowest BCUT2D eigenvalue weighted by molar-refractivity contribution is 0.509. The number of aryl methyl sites for hydroxylation is 1. The molecule has 2 aromatic heterocycles. The van der Waals surface area contributed by atoms with Gasteiger partial charge in [0.2, 0.25) is 0 Å². The molecule has 0 amide bonds. The molecule has 0 fully saturated rings. The molecule has 2 aromatic rings. The molecule has 0 saturated heterocycles. The van der Waals surface area contributed by atoms with Gasteiger partial charge in [-0.05, 0) is 25.8 Å². The maximum Gasteiger partial charge on any atom is 0.143 e. The van der Waals surface area contributed by atoms with Gasteiger partial charge in [-0.1, -0.05) is 6.92 Å². The Labute approximate surface area is 117 Å². The zero-order valence-corrected chi connectivity index (χ0v) is 11.9. The lowest BCUT2D eigenvalue weighted by atomic mass is 9.91. The number of thiazole rings is 1. The molecule has 100 valence electrons. The van der Waals surface area contributed by atoms with Crippen LogP contribution in [0.3, 0.4) is 0 Å². The van der Waals surface area contributed by atoms with Gasteiger partial charge in [-0.25, -0.2) is 4.98 Å². The van der Waals surface area contributed by atoms with Gasteiger partial charge in [-0.3, -0.25) is 9.97 Å². The van der Waals surface area contributed by atoms with E-state index < -0.39 is 0 Å². The fraction of sp³-hybridized carbons (Fsp3) is 0.500. The van der Waals surface area contributed by atoms with Crippen molar-refractivity contribution in [1.29, 1.82) is 0 Å². The summed E-state index contributed by atoms with van der Waals surface area (Å²) < 4.78 is 0. The van der Waals surface area contributed by atoms with Crippen LogP contribution >= 0.6 is 11.3 Å². The van der Waals surface area contributed by atoms with Gasteiger partial charge in [0.25, 0.3) is 0 Å². The molecule has 0 aliphatic heterocycles. The summed E-state index contributed by atoms with van der Waals surface area (Å²) in [5.41, 5.74) is 2.18. The van der Waals surface area contributed by atoms with Gasteiger partial charge in [0.15, 0.2) is 0 Å². The molecule has 1 aliphatic carbocycles. The number of aromatic nitrogens is 3. The first-order valence-corrected chi connectivity index (χ1v) is 7.67. The number of rotatable bonds is 4. The fourth-order valence-electron chi connectivity index (χ4n) is 2.54. The molecular formula is C14H18N4S. The van der Waals surface area contributed by atoms with Gasteiger partial charge in [-0.15, -0.1) is 11.3 Å². The monoisotopic (exact) mass is 274 g/mol. The molecule has 1 N–H and O–H groups in total. The summed E-state index contributed by atoms with van der Waals surface area (Å²) in [7, 11) is 0. The predicted octanol–water partition coefficient (Wildman–Crippen LogP) is 2.63. The summed E-state index contributed by atoms with van der Waals surface area (Å²) in [6, 6.07) is 0. The molecule has 0 aromatic carbocycles. The minimum atomic E-state index is 0.561. The normalized spacial score (nSPS) is 18.3. The predicted molar refractivity (Wildman–Crippen MR) is 77.4 cm³/mol. The van der Waals surface area contributed by atoms with Crippen LogP contribution in [0.4, 0.5) is 0 Å². The van der Waals surface area contributed by atoms with Crippen molar-refractivity contribution in [3.05, 3.63) is 29.2 Å². The largest absolute Gasteiger partial charge is 0.316 e. The van der Waals surface area contributed by atoms with E-state index in [2.05, 4.69) is 22.2 Å². The van der Waals surface area contributed by atoms with Crippen molar-refractivity contribution >= 4 is 11.3 Å². The molecule has 4 nitrogen and oxygen atoms in total. The third-order valence-corrected chi connectivity index (χ3v) is 4.65. The van der Waals surface area contributed by atoms with E-state index in [1.54, 1.807) is 29.9 Å². The zero-order valence-electron chi connectivity index (χ0n) is 11.1. The molecule has 5 heteroatoms. The Kier molecular flexibility index (Phi) is 3.84. The van der Waals surface area contributed by atoms with Crippen LogP contribution in [-0.4, -0.2) is 28.0 Å². The number of hydrogen-bond acceptors (Lipinski definition) is 5. The first-order chi connectivity index (χ1) is 9.38. The second-order valence-electron chi connectivity index (χ2n) is 4.81. The van der Waals surface area contributed by atoms with Gasteiger partial charge in [0, 0.05) is 29.7 Å². The summed E-state index contributed by atoms with van der Waals surface area (Å²) >= 11 is 1.78. The molecule has 3 rings (SSSR count). The molecule has 1 atom stereocenters. The lowest BCUT2D eigenvalue weighted by Crippen LogP contribution is -2.23. The molecule has 19 heavy (non-hydrogen) atoms. The molecular weight excluding hydrogens is 256 g/mol. The van der Waals surface area contributed by atoms with Crippen molar-refractivity contribution in [1.82, 2.24) is 20.3 Å². The highest BCUT2D eigenvalue weighted by atomic mass is 32.1.